The smallest absolute Gasteiger partial charge is 0.232 e. The van der Waals surface area contributed by atoms with E-state index in [0.29, 0.717) is 0 Å². The van der Waals surface area contributed by atoms with Crippen LogP contribution in [0.5, 0.6) is 34.5 Å². The molecule has 1 aliphatic rings. The molecule has 1 heterocycles. The van der Waals surface area contributed by atoms with E-state index in [9.17, 15) is 30.3 Å². The van der Waals surface area contributed by atoms with Crippen molar-refractivity contribution in [2.24, 2.45) is 0 Å². The van der Waals surface area contributed by atoms with Crippen molar-refractivity contribution in [1.29, 1.82) is 0 Å². The van der Waals surface area contributed by atoms with E-state index in [1.54, 1.807) is 0 Å². The molecule has 0 radical (unpaired) electrons. The van der Waals surface area contributed by atoms with Gasteiger partial charge in [-0.25, -0.2) is 0 Å². The first kappa shape index (κ1) is 13.6. The second-order valence-electron chi connectivity index (χ2n) is 4.66. The van der Waals surface area contributed by atoms with Gasteiger partial charge in [0.2, 0.25) is 11.5 Å². The Labute approximate surface area is 123 Å². The molecule has 7 heteroatoms. The summed E-state index contributed by atoms with van der Waals surface area (Å²) in [5.74, 6) is -3.63. The number of rotatable bonds is 1. The number of fused-ring (bicyclic) bond motifs is 1. The van der Waals surface area contributed by atoms with Crippen molar-refractivity contribution >= 4 is 11.9 Å². The van der Waals surface area contributed by atoms with Gasteiger partial charge in [-0.15, -0.1) is 0 Å². The fraction of sp³-hybridized carbons (Fsp3) is 0. The molecule has 0 saturated carbocycles. The highest BCUT2D eigenvalue weighted by molar-refractivity contribution is 6.15. The van der Waals surface area contributed by atoms with Crippen molar-refractivity contribution in [1.82, 2.24) is 0 Å². The van der Waals surface area contributed by atoms with Crippen LogP contribution in [-0.4, -0.2) is 31.3 Å². The summed E-state index contributed by atoms with van der Waals surface area (Å²) in [6.07, 6.45) is 1.22. The van der Waals surface area contributed by atoms with Crippen LogP contribution in [0.15, 0.2) is 30.0 Å². The Morgan fingerprint density at radius 1 is 0.864 bits per heavy atom. The van der Waals surface area contributed by atoms with Gasteiger partial charge in [0.1, 0.15) is 0 Å². The predicted octanol–water partition coefficient (Wildman–Crippen LogP) is 1.83. The first-order chi connectivity index (χ1) is 10.4. The monoisotopic (exact) mass is 302 g/mol. The summed E-state index contributed by atoms with van der Waals surface area (Å²) in [5.41, 5.74) is 0.279. The van der Waals surface area contributed by atoms with Crippen LogP contribution in [0.2, 0.25) is 0 Å². The molecule has 0 unspecified atom stereocenters. The second kappa shape index (κ2) is 4.59. The molecule has 0 amide bonds. The first-order valence-corrected chi connectivity index (χ1v) is 6.12. The van der Waals surface area contributed by atoms with E-state index in [-0.39, 0.29) is 22.6 Å². The van der Waals surface area contributed by atoms with E-state index in [2.05, 4.69) is 0 Å². The van der Waals surface area contributed by atoms with Crippen LogP contribution >= 0.6 is 0 Å². The number of ether oxygens (including phenoxy) is 1. The van der Waals surface area contributed by atoms with Gasteiger partial charge in [-0.3, -0.25) is 4.79 Å². The maximum Gasteiger partial charge on any atom is 0.232 e. The van der Waals surface area contributed by atoms with Crippen molar-refractivity contribution < 1.29 is 35.1 Å². The topological polar surface area (TPSA) is 127 Å². The molecule has 0 aliphatic carbocycles. The molecule has 112 valence electrons. The lowest BCUT2D eigenvalue weighted by Crippen LogP contribution is -1.97. The van der Waals surface area contributed by atoms with Crippen molar-refractivity contribution in [3.63, 3.8) is 0 Å². The Bertz CT molecular complexity index is 813. The molecular formula is C15H10O7. The molecule has 0 bridgehead atoms. The molecular weight excluding hydrogens is 292 g/mol. The lowest BCUT2D eigenvalue weighted by atomic mass is 10.1. The number of carbonyl (C=O) groups is 1. The van der Waals surface area contributed by atoms with E-state index in [0.717, 1.165) is 18.2 Å². The van der Waals surface area contributed by atoms with Crippen LogP contribution in [-0.2, 0) is 0 Å². The second-order valence-corrected chi connectivity index (χ2v) is 4.66. The molecule has 2 aromatic carbocycles. The summed E-state index contributed by atoms with van der Waals surface area (Å²) in [6, 6.07) is 4.72. The molecule has 2 aromatic rings. The summed E-state index contributed by atoms with van der Waals surface area (Å²) in [4.78, 5) is 12.1. The molecule has 0 saturated heterocycles. The quantitative estimate of drug-likeness (QED) is 0.401. The maximum absolute atomic E-state index is 12.1. The van der Waals surface area contributed by atoms with Gasteiger partial charge in [0.25, 0.3) is 0 Å². The maximum atomic E-state index is 12.1. The Kier molecular flexibility index (Phi) is 2.84. The lowest BCUT2D eigenvalue weighted by molar-refractivity contribution is 0.101. The zero-order valence-electron chi connectivity index (χ0n) is 10.9. The van der Waals surface area contributed by atoms with Crippen molar-refractivity contribution in [3.05, 3.63) is 41.2 Å². The van der Waals surface area contributed by atoms with Gasteiger partial charge in [0.15, 0.2) is 34.5 Å². The zero-order chi connectivity index (χ0) is 16.0. The Balaban J connectivity index is 2.05. The number of carbonyl (C=O) groups excluding carboxylic acids is 1. The van der Waals surface area contributed by atoms with Gasteiger partial charge in [-0.05, 0) is 35.9 Å². The van der Waals surface area contributed by atoms with Gasteiger partial charge < -0.3 is 30.3 Å². The average molecular weight is 302 g/mol. The van der Waals surface area contributed by atoms with E-state index in [4.69, 9.17) is 4.74 Å². The normalized spacial score (nSPS) is 14.9. The van der Waals surface area contributed by atoms with Crippen molar-refractivity contribution in [2.45, 2.75) is 0 Å². The minimum absolute atomic E-state index is 0.0776. The standard InChI is InChI=1S/C15H10O7/c16-8-2-1-7-12(19)11(22-15(7)14(8)21)5-6-3-9(17)13(20)10(18)4-6/h1-5,16-18,20-21H. The van der Waals surface area contributed by atoms with E-state index in [1.165, 1.54) is 12.1 Å². The van der Waals surface area contributed by atoms with Crippen LogP contribution in [0, 0.1) is 0 Å². The summed E-state index contributed by atoms with van der Waals surface area (Å²) < 4.78 is 5.22. The molecule has 0 fully saturated rings. The molecule has 0 atom stereocenters. The van der Waals surface area contributed by atoms with Crippen LogP contribution in [0.3, 0.4) is 0 Å². The lowest BCUT2D eigenvalue weighted by Gasteiger charge is -2.04. The number of aromatic hydroxyl groups is 5. The van der Waals surface area contributed by atoms with E-state index < -0.39 is 34.5 Å². The first-order valence-electron chi connectivity index (χ1n) is 6.12. The number of Topliss-reactive ketones (excluding diaryl/α,β-unsaturated/α-hetero) is 1. The Hall–Kier alpha value is -3.35. The van der Waals surface area contributed by atoms with Gasteiger partial charge >= 0.3 is 0 Å². The fourth-order valence-electron chi connectivity index (χ4n) is 2.09. The third-order valence-corrected chi connectivity index (χ3v) is 3.18. The number of ketones is 1. The zero-order valence-corrected chi connectivity index (χ0v) is 10.9. The summed E-state index contributed by atoms with van der Waals surface area (Å²) >= 11 is 0. The van der Waals surface area contributed by atoms with Crippen LogP contribution in [0.4, 0.5) is 0 Å². The molecule has 0 aromatic heterocycles. The fourth-order valence-corrected chi connectivity index (χ4v) is 2.09. The molecule has 22 heavy (non-hydrogen) atoms. The number of allylic oxidation sites excluding steroid dienone is 1. The molecule has 1 aliphatic heterocycles. The Morgan fingerprint density at radius 3 is 2.14 bits per heavy atom. The van der Waals surface area contributed by atoms with Gasteiger partial charge in [0.05, 0.1) is 5.56 Å². The molecule has 3 rings (SSSR count). The average Bonchev–Trinajstić information content (AvgIpc) is 2.78. The van der Waals surface area contributed by atoms with E-state index in [1.807, 2.05) is 0 Å². The van der Waals surface area contributed by atoms with Crippen molar-refractivity contribution in [3.8, 4) is 34.5 Å². The molecule has 7 nitrogen and oxygen atoms in total. The highest BCUT2D eigenvalue weighted by atomic mass is 16.5. The van der Waals surface area contributed by atoms with Crippen molar-refractivity contribution in [2.75, 3.05) is 0 Å². The molecule has 5 N–H and O–H groups in total. The number of hydrogen-bond acceptors (Lipinski definition) is 7. The number of hydrogen-bond donors (Lipinski definition) is 5. The van der Waals surface area contributed by atoms with Crippen LogP contribution < -0.4 is 4.74 Å². The summed E-state index contributed by atoms with van der Waals surface area (Å²) in [7, 11) is 0. The number of phenolic OH excluding ortho intramolecular Hbond substituents is 5. The third kappa shape index (κ3) is 1.96. The van der Waals surface area contributed by atoms with E-state index >= 15 is 0 Å². The predicted molar refractivity (Wildman–Crippen MR) is 74.1 cm³/mol. The highest BCUT2D eigenvalue weighted by Crippen LogP contribution is 2.44. The van der Waals surface area contributed by atoms with Crippen LogP contribution in [0.1, 0.15) is 15.9 Å². The van der Waals surface area contributed by atoms with Gasteiger partial charge in [0, 0.05) is 0 Å². The SMILES string of the molecule is O=C1C(=Cc2cc(O)c(O)c(O)c2)Oc2c1ccc(O)c2O. The Morgan fingerprint density at radius 2 is 1.50 bits per heavy atom. The van der Waals surface area contributed by atoms with Crippen LogP contribution in [0.25, 0.3) is 6.08 Å². The van der Waals surface area contributed by atoms with Gasteiger partial charge in [-0.2, -0.15) is 0 Å². The minimum atomic E-state index is -0.674. The minimum Gasteiger partial charge on any atom is -0.504 e. The largest absolute Gasteiger partial charge is 0.504 e. The summed E-state index contributed by atoms with van der Waals surface area (Å²) in [5, 5.41) is 47.2. The van der Waals surface area contributed by atoms with Gasteiger partial charge in [-0.1, -0.05) is 0 Å². The summed E-state index contributed by atoms with van der Waals surface area (Å²) in [6.45, 7) is 0. The number of phenols is 5. The number of benzene rings is 2. The third-order valence-electron chi connectivity index (χ3n) is 3.18. The highest BCUT2D eigenvalue weighted by Gasteiger charge is 2.31. The molecule has 0 spiro atoms.